The van der Waals surface area contributed by atoms with Crippen molar-refractivity contribution in [2.75, 3.05) is 5.32 Å². The fourth-order valence-electron chi connectivity index (χ4n) is 1.98. The van der Waals surface area contributed by atoms with E-state index < -0.39 is 34.4 Å². The first kappa shape index (κ1) is 14.2. The third-order valence-electron chi connectivity index (χ3n) is 3.00. The summed E-state index contributed by atoms with van der Waals surface area (Å²) in [6, 6.07) is 4.17. The molecular formula is C14H8F2N2O3S. The van der Waals surface area contributed by atoms with Crippen LogP contribution < -0.4 is 10.9 Å². The number of nitrogens with one attached hydrogen (secondary N) is 2. The number of carbonyl (C=O) groups excluding carboxylic acids is 1. The normalized spacial score (nSPS) is 10.8. The van der Waals surface area contributed by atoms with E-state index in [0.29, 0.717) is 16.3 Å². The minimum Gasteiger partial charge on any atom is -0.505 e. The quantitative estimate of drug-likeness (QED) is 0.678. The minimum atomic E-state index is -0.987. The van der Waals surface area contributed by atoms with Crippen molar-refractivity contribution < 1.29 is 18.7 Å². The number of pyridine rings is 1. The summed E-state index contributed by atoms with van der Waals surface area (Å²) in [4.78, 5) is 26.5. The van der Waals surface area contributed by atoms with Gasteiger partial charge in [0.05, 0.1) is 15.9 Å². The fraction of sp³-hybridized carbons (Fsp3) is 0. The average molecular weight is 322 g/mol. The number of aromatic hydroxyl groups is 1. The second-order valence-electron chi connectivity index (χ2n) is 4.42. The zero-order valence-corrected chi connectivity index (χ0v) is 11.6. The molecule has 0 bridgehead atoms. The number of rotatable bonds is 2. The van der Waals surface area contributed by atoms with E-state index in [1.807, 2.05) is 0 Å². The van der Waals surface area contributed by atoms with Crippen LogP contribution in [0.25, 0.3) is 10.2 Å². The minimum absolute atomic E-state index is 0.295. The Morgan fingerprint density at radius 3 is 2.77 bits per heavy atom. The van der Waals surface area contributed by atoms with Gasteiger partial charge in [0.15, 0.2) is 5.75 Å². The van der Waals surface area contributed by atoms with Gasteiger partial charge in [0.25, 0.3) is 11.5 Å². The molecule has 3 rings (SSSR count). The van der Waals surface area contributed by atoms with Crippen molar-refractivity contribution in [2.45, 2.75) is 0 Å². The molecule has 0 aliphatic carbocycles. The lowest BCUT2D eigenvalue weighted by molar-refractivity contribution is 0.102. The van der Waals surface area contributed by atoms with Gasteiger partial charge in [-0.1, -0.05) is 0 Å². The molecule has 8 heteroatoms. The second-order valence-corrected chi connectivity index (χ2v) is 5.34. The van der Waals surface area contributed by atoms with Crippen LogP contribution in [0.1, 0.15) is 10.4 Å². The van der Waals surface area contributed by atoms with Crippen molar-refractivity contribution >= 4 is 33.1 Å². The van der Waals surface area contributed by atoms with Gasteiger partial charge in [0.1, 0.15) is 17.2 Å². The molecule has 0 atom stereocenters. The maximum atomic E-state index is 13.5. The number of benzene rings is 1. The molecule has 1 amide bonds. The maximum absolute atomic E-state index is 13.5. The molecule has 0 aliphatic rings. The van der Waals surface area contributed by atoms with Crippen LogP contribution in [0.3, 0.4) is 0 Å². The Morgan fingerprint density at radius 2 is 2.05 bits per heavy atom. The number of anilines is 1. The van der Waals surface area contributed by atoms with Crippen LogP contribution in [-0.4, -0.2) is 16.0 Å². The molecule has 0 aliphatic heterocycles. The van der Waals surface area contributed by atoms with Crippen molar-refractivity contribution in [3.63, 3.8) is 0 Å². The standard InChI is InChI=1S/C14H8F2N2O3S/c15-6-1-2-8(7(16)5-6)17-13(20)10-11(19)12-9(3-4-22-12)18-14(10)21/h1-5H,(H,17,20)(H2,18,19,21). The van der Waals surface area contributed by atoms with E-state index in [2.05, 4.69) is 10.3 Å². The number of hydrogen-bond donors (Lipinski definition) is 3. The molecule has 2 heterocycles. The number of fused-ring (bicyclic) bond motifs is 1. The summed E-state index contributed by atoms with van der Waals surface area (Å²) in [6.07, 6.45) is 0. The third-order valence-corrected chi connectivity index (χ3v) is 3.92. The summed E-state index contributed by atoms with van der Waals surface area (Å²) in [6.45, 7) is 0. The summed E-state index contributed by atoms with van der Waals surface area (Å²) in [5, 5.41) is 13.8. The molecule has 3 N–H and O–H groups in total. The lowest BCUT2D eigenvalue weighted by atomic mass is 10.2. The Hall–Kier alpha value is -2.74. The first-order valence-electron chi connectivity index (χ1n) is 6.06. The largest absolute Gasteiger partial charge is 0.505 e. The number of hydrogen-bond acceptors (Lipinski definition) is 4. The number of aromatic nitrogens is 1. The van der Waals surface area contributed by atoms with Crippen molar-refractivity contribution in [1.82, 2.24) is 4.98 Å². The van der Waals surface area contributed by atoms with Gasteiger partial charge < -0.3 is 15.4 Å². The van der Waals surface area contributed by atoms with Gasteiger partial charge >= 0.3 is 0 Å². The fourth-order valence-corrected chi connectivity index (χ4v) is 2.78. The highest BCUT2D eigenvalue weighted by atomic mass is 32.1. The molecule has 0 fully saturated rings. The molecular weight excluding hydrogens is 314 g/mol. The molecule has 1 aromatic carbocycles. The van der Waals surface area contributed by atoms with Crippen LogP contribution in [0.15, 0.2) is 34.4 Å². The lowest BCUT2D eigenvalue weighted by Gasteiger charge is -2.07. The van der Waals surface area contributed by atoms with Crippen molar-refractivity contribution in [3.05, 3.63) is 57.2 Å². The van der Waals surface area contributed by atoms with Crippen LogP contribution in [0.5, 0.6) is 5.75 Å². The summed E-state index contributed by atoms with van der Waals surface area (Å²) >= 11 is 1.14. The number of amides is 1. The highest BCUT2D eigenvalue weighted by Gasteiger charge is 2.21. The molecule has 112 valence electrons. The van der Waals surface area contributed by atoms with Crippen LogP contribution in [-0.2, 0) is 0 Å². The van der Waals surface area contributed by atoms with Crippen molar-refractivity contribution in [2.24, 2.45) is 0 Å². The van der Waals surface area contributed by atoms with Crippen molar-refractivity contribution in [1.29, 1.82) is 0 Å². The Labute approximate surface area is 125 Å². The average Bonchev–Trinajstić information content (AvgIpc) is 2.90. The van der Waals surface area contributed by atoms with Gasteiger partial charge in [-0.25, -0.2) is 8.78 Å². The summed E-state index contributed by atoms with van der Waals surface area (Å²) in [7, 11) is 0. The summed E-state index contributed by atoms with van der Waals surface area (Å²) in [5.41, 5.74) is -1.23. The molecule has 5 nitrogen and oxygen atoms in total. The van der Waals surface area contributed by atoms with Gasteiger partial charge in [-0.2, -0.15) is 0 Å². The number of H-pyrrole nitrogens is 1. The van der Waals surface area contributed by atoms with Crippen LogP contribution in [0.2, 0.25) is 0 Å². The molecule has 0 radical (unpaired) electrons. The SMILES string of the molecule is O=C(Nc1ccc(F)cc1F)c1c(O)c2sccc2[nH]c1=O. The van der Waals surface area contributed by atoms with Gasteiger partial charge in [-0.05, 0) is 23.6 Å². The topological polar surface area (TPSA) is 82.2 Å². The summed E-state index contributed by atoms with van der Waals surface area (Å²) in [5.74, 6) is -3.24. The van der Waals surface area contributed by atoms with Crippen molar-refractivity contribution in [3.8, 4) is 5.75 Å². The third kappa shape index (κ3) is 2.33. The van der Waals surface area contributed by atoms with E-state index in [-0.39, 0.29) is 5.69 Å². The second kappa shape index (κ2) is 5.23. The number of carbonyl (C=O) groups is 1. The highest BCUT2D eigenvalue weighted by molar-refractivity contribution is 7.17. The molecule has 0 spiro atoms. The Morgan fingerprint density at radius 1 is 1.27 bits per heavy atom. The number of aromatic amines is 1. The Kier molecular flexibility index (Phi) is 3.38. The monoisotopic (exact) mass is 322 g/mol. The van der Waals surface area contributed by atoms with Crippen LogP contribution in [0.4, 0.5) is 14.5 Å². The Bertz CT molecular complexity index is 949. The molecule has 0 unspecified atom stereocenters. The van der Waals surface area contributed by atoms with Gasteiger partial charge in [-0.15, -0.1) is 11.3 Å². The van der Waals surface area contributed by atoms with E-state index in [1.54, 1.807) is 11.4 Å². The first-order valence-corrected chi connectivity index (χ1v) is 6.94. The predicted molar refractivity (Wildman–Crippen MR) is 78.4 cm³/mol. The van der Waals surface area contributed by atoms with Crippen LogP contribution in [0, 0.1) is 11.6 Å². The number of thiophene rings is 1. The first-order chi connectivity index (χ1) is 10.5. The van der Waals surface area contributed by atoms with E-state index in [1.165, 1.54) is 0 Å². The van der Waals surface area contributed by atoms with E-state index in [4.69, 9.17) is 0 Å². The van der Waals surface area contributed by atoms with E-state index in [0.717, 1.165) is 23.5 Å². The molecule has 0 saturated carbocycles. The molecule has 22 heavy (non-hydrogen) atoms. The molecule has 2 aromatic heterocycles. The maximum Gasteiger partial charge on any atom is 0.265 e. The number of halogens is 2. The Balaban J connectivity index is 2.03. The predicted octanol–water partition coefficient (Wildman–Crippen LogP) is 2.83. The molecule has 3 aromatic rings. The van der Waals surface area contributed by atoms with E-state index in [9.17, 15) is 23.5 Å². The van der Waals surface area contributed by atoms with Gasteiger partial charge in [0, 0.05) is 6.07 Å². The smallest absolute Gasteiger partial charge is 0.265 e. The van der Waals surface area contributed by atoms with Crippen LogP contribution >= 0.6 is 11.3 Å². The molecule has 0 saturated heterocycles. The van der Waals surface area contributed by atoms with Gasteiger partial charge in [0.2, 0.25) is 0 Å². The van der Waals surface area contributed by atoms with Gasteiger partial charge in [-0.3, -0.25) is 9.59 Å². The zero-order valence-electron chi connectivity index (χ0n) is 10.8. The zero-order chi connectivity index (χ0) is 15.9. The lowest BCUT2D eigenvalue weighted by Crippen LogP contribution is -2.23. The van der Waals surface area contributed by atoms with E-state index >= 15 is 0 Å². The highest BCUT2D eigenvalue weighted by Crippen LogP contribution is 2.30. The summed E-state index contributed by atoms with van der Waals surface area (Å²) < 4.78 is 26.7.